The lowest BCUT2D eigenvalue weighted by molar-refractivity contribution is -0.115. The second kappa shape index (κ2) is 11.7. The van der Waals surface area contributed by atoms with Crippen LogP contribution >= 0.6 is 27.7 Å². The number of thioether (sulfide) groups is 1. The predicted octanol–water partition coefficient (Wildman–Crippen LogP) is 7.18. The minimum absolute atomic E-state index is 0.138. The van der Waals surface area contributed by atoms with Crippen molar-refractivity contribution in [2.45, 2.75) is 10.1 Å². The Morgan fingerprint density at radius 2 is 1.54 bits per heavy atom. The molecule has 0 saturated carbocycles. The van der Waals surface area contributed by atoms with Crippen LogP contribution in [0.25, 0.3) is 0 Å². The zero-order valence-electron chi connectivity index (χ0n) is 18.9. The molecule has 0 fully saturated rings. The standard InChI is InChI=1S/C28H23BrN2O3S/c1-34-22-16-14-20(15-17-22)27(32)30-21-10-7-11-23(18-21)35-26(19-8-3-2-4-9-19)28(33)31-25-13-6-5-12-24(25)29/h2-18,26H,1H3,(H,30,32)(H,31,33). The molecule has 4 rings (SSSR count). The molecule has 0 radical (unpaired) electrons. The highest BCUT2D eigenvalue weighted by Gasteiger charge is 2.23. The van der Waals surface area contributed by atoms with Gasteiger partial charge in [-0.05, 0) is 76.1 Å². The van der Waals surface area contributed by atoms with E-state index in [0.717, 1.165) is 14.9 Å². The molecule has 5 nitrogen and oxygen atoms in total. The van der Waals surface area contributed by atoms with Gasteiger partial charge in [0.15, 0.2) is 0 Å². The van der Waals surface area contributed by atoms with Gasteiger partial charge in [-0.15, -0.1) is 11.8 Å². The summed E-state index contributed by atoms with van der Waals surface area (Å²) in [6, 6.07) is 31.5. The van der Waals surface area contributed by atoms with Crippen molar-refractivity contribution in [3.8, 4) is 5.75 Å². The number of halogens is 1. The van der Waals surface area contributed by atoms with Gasteiger partial charge in [0.05, 0.1) is 12.8 Å². The maximum atomic E-state index is 13.3. The van der Waals surface area contributed by atoms with Crippen LogP contribution in [0.2, 0.25) is 0 Å². The molecule has 4 aromatic carbocycles. The number of rotatable bonds is 8. The van der Waals surface area contributed by atoms with Crippen molar-refractivity contribution in [1.29, 1.82) is 0 Å². The van der Waals surface area contributed by atoms with Gasteiger partial charge in [0.25, 0.3) is 5.91 Å². The Morgan fingerprint density at radius 3 is 2.26 bits per heavy atom. The number of amides is 2. The quantitative estimate of drug-likeness (QED) is 0.229. The van der Waals surface area contributed by atoms with Gasteiger partial charge in [0, 0.05) is 20.6 Å². The Kier molecular flexibility index (Phi) is 8.23. The molecule has 0 bridgehead atoms. The average Bonchev–Trinajstić information content (AvgIpc) is 2.89. The molecule has 1 unspecified atom stereocenters. The predicted molar refractivity (Wildman–Crippen MR) is 145 cm³/mol. The fraction of sp³-hybridized carbons (Fsp3) is 0.0714. The van der Waals surface area contributed by atoms with E-state index in [9.17, 15) is 9.59 Å². The van der Waals surface area contributed by atoms with Crippen LogP contribution in [0, 0.1) is 0 Å². The number of para-hydroxylation sites is 1. The normalized spacial score (nSPS) is 11.4. The van der Waals surface area contributed by atoms with Crippen LogP contribution in [0.15, 0.2) is 112 Å². The van der Waals surface area contributed by atoms with Crippen molar-refractivity contribution in [2.24, 2.45) is 0 Å². The van der Waals surface area contributed by atoms with Gasteiger partial charge in [0.1, 0.15) is 11.0 Å². The highest BCUT2D eigenvalue weighted by atomic mass is 79.9. The molecule has 2 N–H and O–H groups in total. The smallest absolute Gasteiger partial charge is 0.255 e. The summed E-state index contributed by atoms with van der Waals surface area (Å²) in [6.45, 7) is 0. The number of ether oxygens (including phenoxy) is 1. The summed E-state index contributed by atoms with van der Waals surface area (Å²) >= 11 is 4.91. The molecule has 176 valence electrons. The van der Waals surface area contributed by atoms with Crippen molar-refractivity contribution in [2.75, 3.05) is 17.7 Å². The molecule has 7 heteroatoms. The number of carbonyl (C=O) groups excluding carboxylic acids is 2. The molecule has 0 aliphatic heterocycles. The Morgan fingerprint density at radius 1 is 0.829 bits per heavy atom. The summed E-state index contributed by atoms with van der Waals surface area (Å²) in [6.07, 6.45) is 0. The van der Waals surface area contributed by atoms with E-state index < -0.39 is 5.25 Å². The van der Waals surface area contributed by atoms with Gasteiger partial charge in [-0.25, -0.2) is 0 Å². The van der Waals surface area contributed by atoms with Crippen LogP contribution < -0.4 is 15.4 Å². The third kappa shape index (κ3) is 6.53. The van der Waals surface area contributed by atoms with Gasteiger partial charge in [0.2, 0.25) is 5.91 Å². The summed E-state index contributed by atoms with van der Waals surface area (Å²) in [4.78, 5) is 26.9. The molecular weight excluding hydrogens is 524 g/mol. The van der Waals surface area contributed by atoms with E-state index in [2.05, 4.69) is 26.6 Å². The average molecular weight is 547 g/mol. The highest BCUT2D eigenvalue weighted by molar-refractivity contribution is 9.10. The summed E-state index contributed by atoms with van der Waals surface area (Å²) in [7, 11) is 1.58. The molecule has 1 atom stereocenters. The van der Waals surface area contributed by atoms with Crippen molar-refractivity contribution >= 4 is 50.9 Å². The number of hydrogen-bond donors (Lipinski definition) is 2. The Hall–Kier alpha value is -3.55. The van der Waals surface area contributed by atoms with Crippen LogP contribution in [0.5, 0.6) is 5.75 Å². The zero-order valence-corrected chi connectivity index (χ0v) is 21.3. The van der Waals surface area contributed by atoms with E-state index in [4.69, 9.17) is 4.74 Å². The number of benzene rings is 4. The lowest BCUT2D eigenvalue weighted by atomic mass is 10.1. The maximum absolute atomic E-state index is 13.3. The van der Waals surface area contributed by atoms with E-state index in [0.29, 0.717) is 22.7 Å². The topological polar surface area (TPSA) is 67.4 Å². The molecule has 0 spiro atoms. The first-order chi connectivity index (χ1) is 17.0. The molecule has 35 heavy (non-hydrogen) atoms. The summed E-state index contributed by atoms with van der Waals surface area (Å²) in [5, 5.41) is 5.46. The SMILES string of the molecule is COc1ccc(C(=O)Nc2cccc(SC(C(=O)Nc3ccccc3Br)c3ccccc3)c2)cc1. The lowest BCUT2D eigenvalue weighted by Crippen LogP contribution is -2.19. The minimum Gasteiger partial charge on any atom is -0.497 e. The summed E-state index contributed by atoms with van der Waals surface area (Å²) < 4.78 is 5.96. The first kappa shape index (κ1) is 24.6. The molecular formula is C28H23BrN2O3S. The number of anilines is 2. The van der Waals surface area contributed by atoms with Crippen molar-refractivity contribution in [1.82, 2.24) is 0 Å². The Labute approximate surface area is 217 Å². The number of methoxy groups -OCH3 is 1. The van der Waals surface area contributed by atoms with Crippen molar-refractivity contribution in [3.05, 3.63) is 119 Å². The monoisotopic (exact) mass is 546 g/mol. The molecule has 0 aromatic heterocycles. The lowest BCUT2D eigenvalue weighted by Gasteiger charge is -2.18. The molecule has 0 heterocycles. The third-order valence-electron chi connectivity index (χ3n) is 5.17. The molecule has 4 aromatic rings. The van der Waals surface area contributed by atoms with Gasteiger partial charge < -0.3 is 15.4 Å². The number of hydrogen-bond acceptors (Lipinski definition) is 4. The molecule has 0 saturated heterocycles. The van der Waals surface area contributed by atoms with Crippen molar-refractivity contribution in [3.63, 3.8) is 0 Å². The highest BCUT2D eigenvalue weighted by Crippen LogP contribution is 2.37. The van der Waals surface area contributed by atoms with Crippen LogP contribution in [-0.4, -0.2) is 18.9 Å². The molecule has 0 aliphatic rings. The Balaban J connectivity index is 1.53. The van der Waals surface area contributed by atoms with Gasteiger partial charge >= 0.3 is 0 Å². The number of nitrogens with one attached hydrogen (secondary N) is 2. The van der Waals surface area contributed by atoms with E-state index in [1.165, 1.54) is 11.8 Å². The van der Waals surface area contributed by atoms with E-state index in [1.807, 2.05) is 78.9 Å². The van der Waals surface area contributed by atoms with E-state index in [1.54, 1.807) is 31.4 Å². The summed E-state index contributed by atoms with van der Waals surface area (Å²) in [5.74, 6) is 0.328. The fourth-order valence-corrected chi connectivity index (χ4v) is 4.86. The third-order valence-corrected chi connectivity index (χ3v) is 7.11. The largest absolute Gasteiger partial charge is 0.497 e. The molecule has 0 aliphatic carbocycles. The van der Waals surface area contributed by atoms with E-state index in [-0.39, 0.29) is 11.8 Å². The Bertz CT molecular complexity index is 1310. The van der Waals surface area contributed by atoms with E-state index >= 15 is 0 Å². The summed E-state index contributed by atoms with van der Waals surface area (Å²) in [5.41, 5.74) is 2.77. The minimum atomic E-state index is -0.490. The van der Waals surface area contributed by atoms with Gasteiger partial charge in [-0.2, -0.15) is 0 Å². The molecule has 2 amide bonds. The van der Waals surface area contributed by atoms with Crippen LogP contribution in [0.1, 0.15) is 21.2 Å². The van der Waals surface area contributed by atoms with Crippen LogP contribution in [0.4, 0.5) is 11.4 Å². The number of carbonyl (C=O) groups is 2. The first-order valence-electron chi connectivity index (χ1n) is 10.9. The zero-order chi connectivity index (χ0) is 24.6. The van der Waals surface area contributed by atoms with Gasteiger partial charge in [-0.3, -0.25) is 9.59 Å². The van der Waals surface area contributed by atoms with Crippen LogP contribution in [-0.2, 0) is 4.79 Å². The second-order valence-corrected chi connectivity index (χ2v) is 9.62. The first-order valence-corrected chi connectivity index (χ1v) is 12.5. The van der Waals surface area contributed by atoms with Crippen LogP contribution in [0.3, 0.4) is 0 Å². The van der Waals surface area contributed by atoms with Gasteiger partial charge in [-0.1, -0.05) is 48.5 Å². The van der Waals surface area contributed by atoms with Crippen molar-refractivity contribution < 1.29 is 14.3 Å². The fourth-order valence-electron chi connectivity index (χ4n) is 3.39. The maximum Gasteiger partial charge on any atom is 0.255 e. The second-order valence-electron chi connectivity index (χ2n) is 7.59.